The van der Waals surface area contributed by atoms with E-state index in [1.807, 2.05) is 0 Å². The molecule has 158 valence electrons. The van der Waals surface area contributed by atoms with Gasteiger partial charge in [-0.25, -0.2) is 0 Å². The summed E-state index contributed by atoms with van der Waals surface area (Å²) in [5, 5.41) is 8.52. The molecule has 0 heterocycles. The van der Waals surface area contributed by atoms with Crippen molar-refractivity contribution in [1.82, 2.24) is 0 Å². The molecule has 0 bridgehead atoms. The van der Waals surface area contributed by atoms with Crippen LogP contribution in [0.3, 0.4) is 0 Å². The molecule has 0 saturated heterocycles. The van der Waals surface area contributed by atoms with E-state index in [9.17, 15) is 4.79 Å². The van der Waals surface area contributed by atoms with E-state index in [1.54, 1.807) is 0 Å². The van der Waals surface area contributed by atoms with Crippen molar-refractivity contribution in [2.24, 2.45) is 0 Å². The van der Waals surface area contributed by atoms with Crippen LogP contribution in [0.1, 0.15) is 142 Å². The predicted molar refractivity (Wildman–Crippen MR) is 117 cm³/mol. The summed E-state index contributed by atoms with van der Waals surface area (Å²) in [6, 6.07) is 0. The third-order valence-electron chi connectivity index (χ3n) is 4.85. The van der Waals surface area contributed by atoms with E-state index in [1.165, 1.54) is 103 Å². The van der Waals surface area contributed by atoms with E-state index in [0.717, 1.165) is 19.3 Å². The van der Waals surface area contributed by atoms with Crippen molar-refractivity contribution in [2.75, 3.05) is 0 Å². The standard InChI is InChI=1S/C18H36O2.C6H13.Na/c1-2-3-4-5-6-7-8-9-10-11-12-13-14-15-16-17-18(19)20;1-3-5-6-4-2;/h2-17H2,1H3,(H,19,20);1,3-6H2,2H3;/q;-1;+1. The van der Waals surface area contributed by atoms with Crippen LogP contribution in [0.5, 0.6) is 0 Å². The van der Waals surface area contributed by atoms with Gasteiger partial charge in [0.05, 0.1) is 0 Å². The maximum Gasteiger partial charge on any atom is 1.00 e. The Bertz CT molecular complexity index is 253. The van der Waals surface area contributed by atoms with Crippen LogP contribution in [0.4, 0.5) is 0 Å². The van der Waals surface area contributed by atoms with Crippen LogP contribution >= 0.6 is 0 Å². The number of carbonyl (C=O) groups is 1. The second kappa shape index (κ2) is 31.2. The molecular weight excluding hydrogens is 343 g/mol. The summed E-state index contributed by atoms with van der Waals surface area (Å²) >= 11 is 0. The molecule has 0 amide bonds. The topological polar surface area (TPSA) is 37.3 Å². The Morgan fingerprint density at radius 3 is 1.15 bits per heavy atom. The first-order valence-corrected chi connectivity index (χ1v) is 11.7. The normalized spacial score (nSPS) is 10.0. The number of carboxylic acids is 1. The smallest absolute Gasteiger partial charge is 0.481 e. The van der Waals surface area contributed by atoms with Gasteiger partial charge in [0.1, 0.15) is 0 Å². The Labute approximate surface area is 194 Å². The first-order chi connectivity index (χ1) is 12.7. The minimum atomic E-state index is -0.653. The molecule has 0 aliphatic carbocycles. The van der Waals surface area contributed by atoms with Crippen LogP contribution in [0.2, 0.25) is 0 Å². The van der Waals surface area contributed by atoms with Gasteiger partial charge in [-0.1, -0.05) is 123 Å². The van der Waals surface area contributed by atoms with Crippen molar-refractivity contribution in [1.29, 1.82) is 0 Å². The van der Waals surface area contributed by atoms with Crippen molar-refractivity contribution in [3.05, 3.63) is 6.92 Å². The van der Waals surface area contributed by atoms with Crippen molar-refractivity contribution in [3.8, 4) is 0 Å². The van der Waals surface area contributed by atoms with Crippen LogP contribution < -0.4 is 29.6 Å². The third kappa shape index (κ3) is 37.8. The Hall–Kier alpha value is 0.470. The van der Waals surface area contributed by atoms with Gasteiger partial charge in [-0.15, -0.1) is 0 Å². The second-order valence-corrected chi connectivity index (χ2v) is 7.65. The molecule has 0 unspecified atom stereocenters. The van der Waals surface area contributed by atoms with Gasteiger partial charge >= 0.3 is 35.5 Å². The van der Waals surface area contributed by atoms with Crippen molar-refractivity contribution in [2.45, 2.75) is 142 Å². The summed E-state index contributed by atoms with van der Waals surface area (Å²) in [6.07, 6.45) is 25.3. The quantitative estimate of drug-likeness (QED) is 0.173. The number of rotatable bonds is 19. The Morgan fingerprint density at radius 1 is 0.593 bits per heavy atom. The van der Waals surface area contributed by atoms with Crippen LogP contribution in [0.15, 0.2) is 0 Å². The number of aliphatic carboxylic acids is 1. The molecule has 0 fully saturated rings. The number of hydrogen-bond acceptors (Lipinski definition) is 1. The molecular formula is C24H49NaO2. The zero-order valence-electron chi connectivity index (χ0n) is 19.2. The molecule has 27 heavy (non-hydrogen) atoms. The van der Waals surface area contributed by atoms with Crippen LogP contribution in [-0.2, 0) is 4.79 Å². The van der Waals surface area contributed by atoms with Crippen LogP contribution in [0.25, 0.3) is 0 Å². The molecule has 0 aliphatic heterocycles. The summed E-state index contributed by atoms with van der Waals surface area (Å²) in [5.41, 5.74) is 0. The fourth-order valence-corrected chi connectivity index (χ4v) is 3.07. The van der Waals surface area contributed by atoms with Crippen LogP contribution in [0, 0.1) is 6.92 Å². The largest absolute Gasteiger partial charge is 1.00 e. The summed E-state index contributed by atoms with van der Waals surface area (Å²) in [4.78, 5) is 10.3. The Kier molecular flexibility index (Phi) is 37.1. The first kappa shape index (κ1) is 32.1. The average Bonchev–Trinajstić information content (AvgIpc) is 2.63. The van der Waals surface area contributed by atoms with Gasteiger partial charge in [0.15, 0.2) is 0 Å². The molecule has 0 aromatic rings. The molecule has 0 aromatic carbocycles. The molecule has 0 aliphatic rings. The first-order valence-electron chi connectivity index (χ1n) is 11.7. The third-order valence-corrected chi connectivity index (χ3v) is 4.85. The van der Waals surface area contributed by atoms with Gasteiger partial charge in [0.25, 0.3) is 0 Å². The molecule has 0 aromatic heterocycles. The summed E-state index contributed by atoms with van der Waals surface area (Å²) in [5.74, 6) is -0.653. The van der Waals surface area contributed by atoms with Gasteiger partial charge in [-0.3, -0.25) is 4.79 Å². The molecule has 1 N–H and O–H groups in total. The summed E-state index contributed by atoms with van der Waals surface area (Å²) < 4.78 is 0. The molecule has 0 radical (unpaired) electrons. The van der Waals surface area contributed by atoms with Crippen LogP contribution in [-0.4, -0.2) is 11.1 Å². The summed E-state index contributed by atoms with van der Waals surface area (Å²) in [7, 11) is 0. The van der Waals surface area contributed by atoms with Gasteiger partial charge in [-0.2, -0.15) is 6.42 Å². The van der Waals surface area contributed by atoms with E-state index >= 15 is 0 Å². The van der Waals surface area contributed by atoms with E-state index in [4.69, 9.17) is 5.11 Å². The van der Waals surface area contributed by atoms with Gasteiger partial charge in [0, 0.05) is 6.42 Å². The summed E-state index contributed by atoms with van der Waals surface area (Å²) in [6.45, 7) is 8.20. The number of hydrogen-bond donors (Lipinski definition) is 1. The van der Waals surface area contributed by atoms with Gasteiger partial charge in [0.2, 0.25) is 0 Å². The maximum atomic E-state index is 10.3. The minimum Gasteiger partial charge on any atom is -0.481 e. The van der Waals surface area contributed by atoms with E-state index < -0.39 is 5.97 Å². The fraction of sp³-hybridized carbons (Fsp3) is 0.917. The van der Waals surface area contributed by atoms with E-state index in [2.05, 4.69) is 20.8 Å². The van der Waals surface area contributed by atoms with Crippen molar-refractivity contribution < 1.29 is 39.5 Å². The zero-order valence-corrected chi connectivity index (χ0v) is 21.2. The van der Waals surface area contributed by atoms with E-state index in [0.29, 0.717) is 6.42 Å². The zero-order chi connectivity index (χ0) is 19.7. The minimum absolute atomic E-state index is 0. The molecule has 0 rings (SSSR count). The number of unbranched alkanes of at least 4 members (excludes halogenated alkanes) is 17. The van der Waals surface area contributed by atoms with E-state index in [-0.39, 0.29) is 29.6 Å². The van der Waals surface area contributed by atoms with Gasteiger partial charge < -0.3 is 12.0 Å². The van der Waals surface area contributed by atoms with Gasteiger partial charge in [-0.05, 0) is 6.42 Å². The second-order valence-electron chi connectivity index (χ2n) is 7.65. The molecule has 3 heteroatoms. The Balaban J connectivity index is -0.000000709. The number of carboxylic acid groups (broad SMARTS) is 1. The average molecular weight is 393 g/mol. The van der Waals surface area contributed by atoms with Crippen molar-refractivity contribution in [3.63, 3.8) is 0 Å². The fourth-order valence-electron chi connectivity index (χ4n) is 3.07. The Morgan fingerprint density at radius 2 is 0.889 bits per heavy atom. The molecule has 0 atom stereocenters. The SMILES string of the molecule is CCCCCCCCCCCCCCCCCC(=O)O.[CH2-]CCCCC.[Na+]. The molecule has 0 saturated carbocycles. The molecule has 0 spiro atoms. The predicted octanol–water partition coefficient (Wildman–Crippen LogP) is 5.74. The maximum absolute atomic E-state index is 10.3. The monoisotopic (exact) mass is 392 g/mol. The van der Waals surface area contributed by atoms with Crippen molar-refractivity contribution >= 4 is 5.97 Å². The molecule has 2 nitrogen and oxygen atoms in total.